The molecule has 1 unspecified atom stereocenters. The van der Waals surface area contributed by atoms with Crippen molar-refractivity contribution < 1.29 is 9.59 Å². The highest BCUT2D eigenvalue weighted by atomic mass is 35.5. The molecule has 0 spiro atoms. The molecule has 0 saturated carbocycles. The first-order chi connectivity index (χ1) is 13.0. The van der Waals surface area contributed by atoms with Crippen LogP contribution in [0.25, 0.3) is 0 Å². The molecule has 142 valence electrons. The SMILES string of the molecule is CC(=O)NC(CC(=O)N1CCN(c2cnccn2)CC1)c1ccc(Cl)cc1. The van der Waals surface area contributed by atoms with Crippen molar-refractivity contribution in [3.8, 4) is 0 Å². The van der Waals surface area contributed by atoms with Crippen LogP contribution < -0.4 is 10.2 Å². The first kappa shape index (κ1) is 19.1. The first-order valence-electron chi connectivity index (χ1n) is 8.84. The van der Waals surface area contributed by atoms with Gasteiger partial charge in [-0.05, 0) is 17.7 Å². The molecule has 1 fully saturated rings. The standard InChI is InChI=1S/C19H22ClN5O2/c1-14(26)23-17(15-2-4-16(20)5-3-15)12-19(27)25-10-8-24(9-11-25)18-13-21-6-7-22-18/h2-7,13,17H,8-12H2,1H3,(H,23,26). The van der Waals surface area contributed by atoms with Gasteiger partial charge in [0.1, 0.15) is 5.82 Å². The first-order valence-corrected chi connectivity index (χ1v) is 9.22. The Labute approximate surface area is 163 Å². The van der Waals surface area contributed by atoms with E-state index in [-0.39, 0.29) is 24.3 Å². The summed E-state index contributed by atoms with van der Waals surface area (Å²) in [7, 11) is 0. The Kier molecular flexibility index (Phi) is 6.24. The van der Waals surface area contributed by atoms with Gasteiger partial charge in [-0.15, -0.1) is 0 Å². The average Bonchev–Trinajstić information content (AvgIpc) is 2.68. The van der Waals surface area contributed by atoms with Crippen molar-refractivity contribution in [1.29, 1.82) is 0 Å². The fourth-order valence-corrected chi connectivity index (χ4v) is 3.26. The number of carbonyl (C=O) groups is 2. The summed E-state index contributed by atoms with van der Waals surface area (Å²) in [5.41, 5.74) is 0.862. The highest BCUT2D eigenvalue weighted by Crippen LogP contribution is 2.21. The number of benzene rings is 1. The maximum atomic E-state index is 12.8. The molecule has 1 aliphatic heterocycles. The number of amides is 2. The second-order valence-electron chi connectivity index (χ2n) is 6.44. The quantitative estimate of drug-likeness (QED) is 0.849. The van der Waals surface area contributed by atoms with Crippen LogP contribution in [0.5, 0.6) is 0 Å². The number of nitrogens with zero attached hydrogens (tertiary/aromatic N) is 4. The molecule has 0 bridgehead atoms. The van der Waals surface area contributed by atoms with Crippen molar-refractivity contribution in [2.75, 3.05) is 31.1 Å². The zero-order valence-electron chi connectivity index (χ0n) is 15.1. The molecule has 1 aromatic carbocycles. The summed E-state index contributed by atoms with van der Waals surface area (Å²) in [6, 6.07) is 6.82. The van der Waals surface area contributed by atoms with Crippen LogP contribution in [0, 0.1) is 0 Å². The van der Waals surface area contributed by atoms with Gasteiger partial charge in [0.2, 0.25) is 11.8 Å². The second-order valence-corrected chi connectivity index (χ2v) is 6.88. The molecule has 1 aromatic heterocycles. The Hall–Kier alpha value is -2.67. The minimum absolute atomic E-state index is 0.0162. The van der Waals surface area contributed by atoms with Gasteiger partial charge in [-0.2, -0.15) is 0 Å². The van der Waals surface area contributed by atoms with E-state index in [2.05, 4.69) is 20.2 Å². The predicted molar refractivity (Wildman–Crippen MR) is 103 cm³/mol. The van der Waals surface area contributed by atoms with Gasteiger partial charge < -0.3 is 15.1 Å². The van der Waals surface area contributed by atoms with Gasteiger partial charge in [-0.3, -0.25) is 14.6 Å². The lowest BCUT2D eigenvalue weighted by Gasteiger charge is -2.36. The van der Waals surface area contributed by atoms with Crippen molar-refractivity contribution in [3.63, 3.8) is 0 Å². The number of carbonyl (C=O) groups excluding carboxylic acids is 2. The predicted octanol–water partition coefficient (Wildman–Crippen LogP) is 2.05. The summed E-state index contributed by atoms with van der Waals surface area (Å²) >= 11 is 5.94. The summed E-state index contributed by atoms with van der Waals surface area (Å²) in [5, 5.41) is 3.48. The molecule has 1 atom stereocenters. The topological polar surface area (TPSA) is 78.4 Å². The van der Waals surface area contributed by atoms with E-state index in [1.807, 2.05) is 17.0 Å². The lowest BCUT2D eigenvalue weighted by Crippen LogP contribution is -2.49. The summed E-state index contributed by atoms with van der Waals surface area (Å²) in [6.07, 6.45) is 5.25. The van der Waals surface area contributed by atoms with Crippen molar-refractivity contribution in [3.05, 3.63) is 53.4 Å². The summed E-state index contributed by atoms with van der Waals surface area (Å²) in [6.45, 7) is 4.09. The highest BCUT2D eigenvalue weighted by Gasteiger charge is 2.25. The molecule has 1 aliphatic rings. The lowest BCUT2D eigenvalue weighted by molar-refractivity contribution is -0.132. The molecule has 8 heteroatoms. The maximum Gasteiger partial charge on any atom is 0.225 e. The van der Waals surface area contributed by atoms with Crippen molar-refractivity contribution in [1.82, 2.24) is 20.2 Å². The smallest absolute Gasteiger partial charge is 0.225 e. The van der Waals surface area contributed by atoms with Crippen LogP contribution in [0.15, 0.2) is 42.9 Å². The normalized spacial score (nSPS) is 15.3. The number of rotatable bonds is 5. The van der Waals surface area contributed by atoms with Gasteiger partial charge in [-0.1, -0.05) is 23.7 Å². The number of piperazine rings is 1. The molecule has 2 heterocycles. The molecular weight excluding hydrogens is 366 g/mol. The van der Waals surface area contributed by atoms with Crippen LogP contribution in [0.2, 0.25) is 5.02 Å². The van der Waals surface area contributed by atoms with Gasteiger partial charge >= 0.3 is 0 Å². The Morgan fingerprint density at radius 3 is 2.44 bits per heavy atom. The van der Waals surface area contributed by atoms with Gasteiger partial charge in [-0.25, -0.2) is 4.98 Å². The fraction of sp³-hybridized carbons (Fsp3) is 0.368. The minimum atomic E-state index is -0.370. The van der Waals surface area contributed by atoms with E-state index in [0.29, 0.717) is 31.2 Å². The minimum Gasteiger partial charge on any atom is -0.352 e. The van der Waals surface area contributed by atoms with Crippen molar-refractivity contribution in [2.45, 2.75) is 19.4 Å². The molecule has 3 rings (SSSR count). The zero-order chi connectivity index (χ0) is 19.2. The third-order valence-corrected chi connectivity index (χ3v) is 4.79. The number of aromatic nitrogens is 2. The van der Waals surface area contributed by atoms with E-state index in [9.17, 15) is 9.59 Å². The summed E-state index contributed by atoms with van der Waals surface area (Å²) in [5.74, 6) is 0.666. The Morgan fingerprint density at radius 2 is 1.85 bits per heavy atom. The third kappa shape index (κ3) is 5.17. The van der Waals surface area contributed by atoms with E-state index < -0.39 is 0 Å². The van der Waals surface area contributed by atoms with Crippen LogP contribution in [-0.2, 0) is 9.59 Å². The van der Waals surface area contributed by atoms with E-state index in [1.165, 1.54) is 6.92 Å². The number of nitrogens with one attached hydrogen (secondary N) is 1. The van der Waals surface area contributed by atoms with E-state index >= 15 is 0 Å². The third-order valence-electron chi connectivity index (χ3n) is 4.53. The maximum absolute atomic E-state index is 12.8. The zero-order valence-corrected chi connectivity index (χ0v) is 15.9. The molecule has 27 heavy (non-hydrogen) atoms. The van der Waals surface area contributed by atoms with Crippen LogP contribution in [0.1, 0.15) is 24.9 Å². The number of anilines is 1. The number of hydrogen-bond acceptors (Lipinski definition) is 5. The van der Waals surface area contributed by atoms with E-state index in [0.717, 1.165) is 11.4 Å². The van der Waals surface area contributed by atoms with Crippen LogP contribution in [-0.4, -0.2) is 52.9 Å². The fourth-order valence-electron chi connectivity index (χ4n) is 3.14. The second kappa shape index (κ2) is 8.81. The van der Waals surface area contributed by atoms with E-state index in [4.69, 9.17) is 11.6 Å². The molecule has 2 aromatic rings. The van der Waals surface area contributed by atoms with Gasteiger partial charge in [0, 0.05) is 50.5 Å². The Balaban J connectivity index is 1.61. The monoisotopic (exact) mass is 387 g/mol. The van der Waals surface area contributed by atoms with Crippen LogP contribution >= 0.6 is 11.6 Å². The Morgan fingerprint density at radius 1 is 1.15 bits per heavy atom. The lowest BCUT2D eigenvalue weighted by atomic mass is 10.0. The average molecular weight is 388 g/mol. The van der Waals surface area contributed by atoms with E-state index in [1.54, 1.807) is 30.7 Å². The molecule has 1 saturated heterocycles. The van der Waals surface area contributed by atoms with Crippen molar-refractivity contribution in [2.24, 2.45) is 0 Å². The van der Waals surface area contributed by atoms with Crippen LogP contribution in [0.4, 0.5) is 5.82 Å². The summed E-state index contributed by atoms with van der Waals surface area (Å²) in [4.78, 5) is 36.7. The number of hydrogen-bond donors (Lipinski definition) is 1. The summed E-state index contributed by atoms with van der Waals surface area (Å²) < 4.78 is 0. The molecule has 2 amide bonds. The Bertz CT molecular complexity index is 776. The van der Waals surface area contributed by atoms with Gasteiger partial charge in [0.05, 0.1) is 18.7 Å². The van der Waals surface area contributed by atoms with Crippen molar-refractivity contribution >= 4 is 29.2 Å². The largest absolute Gasteiger partial charge is 0.352 e. The number of halogens is 1. The van der Waals surface area contributed by atoms with Crippen LogP contribution in [0.3, 0.4) is 0 Å². The molecule has 1 N–H and O–H groups in total. The molecule has 0 radical (unpaired) electrons. The molecule has 7 nitrogen and oxygen atoms in total. The van der Waals surface area contributed by atoms with Gasteiger partial charge in [0.15, 0.2) is 0 Å². The van der Waals surface area contributed by atoms with Gasteiger partial charge in [0.25, 0.3) is 0 Å². The molecule has 0 aliphatic carbocycles. The highest BCUT2D eigenvalue weighted by molar-refractivity contribution is 6.30. The molecular formula is C19H22ClN5O2.